The fourth-order valence-corrected chi connectivity index (χ4v) is 4.22. The zero-order chi connectivity index (χ0) is 26.1. The fraction of sp³-hybridized carbons (Fsp3) is 0.355. The molecule has 0 saturated heterocycles. The van der Waals surface area contributed by atoms with Crippen LogP contribution in [0.15, 0.2) is 77.8 Å². The molecule has 0 saturated carbocycles. The number of hydrogen-bond acceptors (Lipinski definition) is 3. The average molecular weight is 485 g/mol. The zero-order valence-electron chi connectivity index (χ0n) is 22.5. The van der Waals surface area contributed by atoms with Crippen molar-refractivity contribution in [2.45, 2.75) is 52.1 Å². The maximum absolute atomic E-state index is 13.0. The zero-order valence-corrected chi connectivity index (χ0v) is 22.5. The van der Waals surface area contributed by atoms with Crippen LogP contribution in [0.25, 0.3) is 0 Å². The topological polar surface area (TPSA) is 56.7 Å². The van der Waals surface area contributed by atoms with E-state index in [1.165, 1.54) is 5.56 Å². The maximum atomic E-state index is 13.0. The quantitative estimate of drug-likeness (QED) is 0.305. The lowest BCUT2D eigenvalue weighted by Gasteiger charge is -2.21. The molecule has 3 rings (SSSR count). The first-order valence-electron chi connectivity index (χ1n) is 12.7. The van der Waals surface area contributed by atoms with Gasteiger partial charge in [-0.3, -0.25) is 4.99 Å². The summed E-state index contributed by atoms with van der Waals surface area (Å²) in [5, 5.41) is 6.20. The Kier molecular flexibility index (Phi) is 9.83. The van der Waals surface area contributed by atoms with Crippen LogP contribution in [0.1, 0.15) is 73.4 Å². The Balaban J connectivity index is 1.74. The fourth-order valence-electron chi connectivity index (χ4n) is 4.22. The highest BCUT2D eigenvalue weighted by Crippen LogP contribution is 2.32. The number of amides is 2. The second-order valence-corrected chi connectivity index (χ2v) is 10.1. The molecule has 0 heterocycles. The van der Waals surface area contributed by atoms with E-state index in [4.69, 9.17) is 4.99 Å². The van der Waals surface area contributed by atoms with Crippen LogP contribution >= 0.6 is 0 Å². The molecule has 2 amide bonds. The van der Waals surface area contributed by atoms with E-state index in [0.29, 0.717) is 18.4 Å². The van der Waals surface area contributed by atoms with Crippen molar-refractivity contribution in [1.82, 2.24) is 10.2 Å². The Morgan fingerprint density at radius 3 is 2.03 bits per heavy atom. The summed E-state index contributed by atoms with van der Waals surface area (Å²) in [5.74, 6) is 0.620. The minimum Gasteiger partial charge on any atom is -0.335 e. The van der Waals surface area contributed by atoms with Gasteiger partial charge in [-0.25, -0.2) is 4.79 Å². The van der Waals surface area contributed by atoms with Crippen molar-refractivity contribution in [3.8, 4) is 0 Å². The number of benzene rings is 3. The van der Waals surface area contributed by atoms with E-state index in [0.717, 1.165) is 34.5 Å². The molecular weight excluding hydrogens is 444 g/mol. The van der Waals surface area contributed by atoms with E-state index >= 15 is 0 Å². The van der Waals surface area contributed by atoms with Gasteiger partial charge in [0, 0.05) is 25.0 Å². The minimum atomic E-state index is -0.214. The third-order valence-corrected chi connectivity index (χ3v) is 6.13. The summed E-state index contributed by atoms with van der Waals surface area (Å²) in [6.45, 7) is 9.89. The van der Waals surface area contributed by atoms with Crippen molar-refractivity contribution in [3.05, 3.63) is 101 Å². The third kappa shape index (κ3) is 7.79. The third-order valence-electron chi connectivity index (χ3n) is 6.13. The van der Waals surface area contributed by atoms with Gasteiger partial charge < -0.3 is 15.5 Å². The Bertz CT molecular complexity index is 1110. The Morgan fingerprint density at radius 1 is 0.861 bits per heavy atom. The molecule has 0 spiro atoms. The average Bonchev–Trinajstić information content (AvgIpc) is 2.85. The summed E-state index contributed by atoms with van der Waals surface area (Å²) in [4.78, 5) is 20.0. The van der Waals surface area contributed by atoms with E-state index in [-0.39, 0.29) is 12.1 Å². The second kappa shape index (κ2) is 13.0. The summed E-state index contributed by atoms with van der Waals surface area (Å²) >= 11 is 0. The molecule has 5 heteroatoms. The molecule has 0 aliphatic heterocycles. The molecule has 5 nitrogen and oxygen atoms in total. The molecule has 190 valence electrons. The number of carbonyl (C=O) groups is 1. The van der Waals surface area contributed by atoms with Gasteiger partial charge >= 0.3 is 6.03 Å². The predicted octanol–water partition coefficient (Wildman–Crippen LogP) is 6.98. The molecule has 0 bridgehead atoms. The Hall–Kier alpha value is -3.44. The first kappa shape index (κ1) is 27.2. The van der Waals surface area contributed by atoms with Crippen molar-refractivity contribution < 1.29 is 4.79 Å². The van der Waals surface area contributed by atoms with Crippen LogP contribution in [0.3, 0.4) is 0 Å². The van der Waals surface area contributed by atoms with Crippen LogP contribution in [-0.4, -0.2) is 37.8 Å². The number of nitrogens with one attached hydrogen (secondary N) is 2. The van der Waals surface area contributed by atoms with Gasteiger partial charge in [-0.2, -0.15) is 0 Å². The number of nitrogens with zero attached hydrogens (tertiary/aromatic N) is 2. The summed E-state index contributed by atoms with van der Waals surface area (Å²) in [6.07, 6.45) is 1.89. The van der Waals surface area contributed by atoms with E-state index in [1.54, 1.807) is 0 Å². The lowest BCUT2D eigenvalue weighted by Crippen LogP contribution is -2.33. The summed E-state index contributed by atoms with van der Waals surface area (Å²) < 4.78 is 0. The van der Waals surface area contributed by atoms with E-state index in [9.17, 15) is 4.79 Å². The SMILES string of the molecule is CC(C)c1cccc(C(C)C)c1NC(=O)NC[C@H](N=Cc1ccc(CN(C)C)cc1)c1ccccc1. The van der Waals surface area contributed by atoms with Gasteiger partial charge in [-0.05, 0) is 53.7 Å². The molecule has 1 atom stereocenters. The van der Waals surface area contributed by atoms with Crippen molar-refractivity contribution in [1.29, 1.82) is 0 Å². The monoisotopic (exact) mass is 484 g/mol. The van der Waals surface area contributed by atoms with Crippen molar-refractivity contribution in [3.63, 3.8) is 0 Å². The summed E-state index contributed by atoms with van der Waals surface area (Å²) in [7, 11) is 4.13. The van der Waals surface area contributed by atoms with Gasteiger partial charge in [0.05, 0.1) is 6.04 Å². The van der Waals surface area contributed by atoms with E-state index in [2.05, 4.69) is 99.8 Å². The molecule has 2 N–H and O–H groups in total. The Labute approximate surface area is 216 Å². The summed E-state index contributed by atoms with van der Waals surface area (Å²) in [6, 6.07) is 24.4. The molecule has 36 heavy (non-hydrogen) atoms. The minimum absolute atomic E-state index is 0.191. The Morgan fingerprint density at radius 2 is 1.47 bits per heavy atom. The van der Waals surface area contributed by atoms with Crippen LogP contribution in [-0.2, 0) is 6.54 Å². The standard InChI is InChI=1S/C31H40N4O/c1-22(2)27-13-10-14-28(23(3)4)30(27)34-31(36)33-20-29(26-11-8-7-9-12-26)32-19-24-15-17-25(18-16-24)21-35(5)6/h7-19,22-23,29H,20-21H2,1-6H3,(H2,33,34,36)/t29-/m0/s1. The molecule has 0 fully saturated rings. The predicted molar refractivity (Wildman–Crippen MR) is 152 cm³/mol. The molecule has 3 aromatic rings. The molecule has 3 aromatic carbocycles. The molecule has 0 aliphatic carbocycles. The lowest BCUT2D eigenvalue weighted by atomic mass is 9.93. The number of aliphatic imine (C=N–C) groups is 1. The van der Waals surface area contributed by atoms with Gasteiger partial charge in [-0.15, -0.1) is 0 Å². The van der Waals surface area contributed by atoms with Crippen LogP contribution in [0.5, 0.6) is 0 Å². The van der Waals surface area contributed by atoms with Crippen molar-refractivity contribution >= 4 is 17.9 Å². The van der Waals surface area contributed by atoms with Gasteiger partial charge in [-0.1, -0.05) is 100 Å². The first-order chi connectivity index (χ1) is 17.2. The number of anilines is 1. The second-order valence-electron chi connectivity index (χ2n) is 10.1. The largest absolute Gasteiger partial charge is 0.335 e. The number of hydrogen-bond donors (Lipinski definition) is 2. The number of rotatable bonds is 10. The highest BCUT2D eigenvalue weighted by atomic mass is 16.2. The van der Waals surface area contributed by atoms with Gasteiger partial charge in [0.15, 0.2) is 0 Å². The van der Waals surface area contributed by atoms with Crippen LogP contribution in [0.4, 0.5) is 10.5 Å². The van der Waals surface area contributed by atoms with Gasteiger partial charge in [0.2, 0.25) is 0 Å². The molecule has 0 aromatic heterocycles. The number of urea groups is 1. The molecular formula is C31H40N4O. The highest BCUT2D eigenvalue weighted by molar-refractivity contribution is 5.91. The van der Waals surface area contributed by atoms with E-state index < -0.39 is 0 Å². The first-order valence-corrected chi connectivity index (χ1v) is 12.7. The van der Waals surface area contributed by atoms with Gasteiger partial charge in [0.1, 0.15) is 0 Å². The van der Waals surface area contributed by atoms with Crippen LogP contribution < -0.4 is 10.6 Å². The van der Waals surface area contributed by atoms with Crippen molar-refractivity contribution in [2.24, 2.45) is 4.99 Å². The smallest absolute Gasteiger partial charge is 0.319 e. The van der Waals surface area contributed by atoms with Crippen LogP contribution in [0.2, 0.25) is 0 Å². The van der Waals surface area contributed by atoms with E-state index in [1.807, 2.05) is 36.5 Å². The maximum Gasteiger partial charge on any atom is 0.319 e. The number of para-hydroxylation sites is 1. The molecule has 0 radical (unpaired) electrons. The molecule has 0 aliphatic rings. The summed E-state index contributed by atoms with van der Waals surface area (Å²) in [5.41, 5.74) is 6.56. The lowest BCUT2D eigenvalue weighted by molar-refractivity contribution is 0.251. The van der Waals surface area contributed by atoms with Crippen LogP contribution in [0, 0.1) is 0 Å². The molecule has 0 unspecified atom stereocenters. The number of carbonyl (C=O) groups excluding carboxylic acids is 1. The normalized spacial score (nSPS) is 12.5. The van der Waals surface area contributed by atoms with Gasteiger partial charge in [0.25, 0.3) is 0 Å². The highest BCUT2D eigenvalue weighted by Gasteiger charge is 2.17. The van der Waals surface area contributed by atoms with Crippen molar-refractivity contribution in [2.75, 3.05) is 26.0 Å².